The summed E-state index contributed by atoms with van der Waals surface area (Å²) < 4.78 is 0. The molecule has 2 atom stereocenters. The molecular formula is C13H25N3. The van der Waals surface area contributed by atoms with E-state index < -0.39 is 0 Å². The van der Waals surface area contributed by atoms with Gasteiger partial charge in [0.25, 0.3) is 0 Å². The van der Waals surface area contributed by atoms with Crippen molar-refractivity contribution in [3.05, 3.63) is 18.2 Å². The van der Waals surface area contributed by atoms with Crippen LogP contribution in [0.2, 0.25) is 0 Å². The van der Waals surface area contributed by atoms with Gasteiger partial charge in [-0.2, -0.15) is 0 Å². The summed E-state index contributed by atoms with van der Waals surface area (Å²) in [5.74, 6) is 0.824. The molecular weight excluding hydrogens is 198 g/mol. The van der Waals surface area contributed by atoms with Gasteiger partial charge in [0, 0.05) is 30.9 Å². The molecule has 1 rings (SSSR count). The van der Waals surface area contributed by atoms with Crippen LogP contribution in [0.3, 0.4) is 0 Å². The van der Waals surface area contributed by atoms with Gasteiger partial charge in [-0.05, 0) is 18.8 Å². The highest BCUT2D eigenvalue weighted by atomic mass is 14.9. The van der Waals surface area contributed by atoms with Crippen molar-refractivity contribution in [2.45, 2.75) is 52.5 Å². The van der Waals surface area contributed by atoms with E-state index in [1.165, 1.54) is 25.0 Å². The second kappa shape index (κ2) is 7.44. The highest BCUT2D eigenvalue weighted by molar-refractivity contribution is 4.94. The number of H-pyrrole nitrogens is 1. The Morgan fingerprint density at radius 1 is 1.38 bits per heavy atom. The molecule has 0 spiro atoms. The second-order valence-electron chi connectivity index (χ2n) is 4.64. The van der Waals surface area contributed by atoms with Crippen LogP contribution >= 0.6 is 0 Å². The number of hydrogen-bond donors (Lipinski definition) is 2. The molecule has 1 heterocycles. The van der Waals surface area contributed by atoms with Gasteiger partial charge < -0.3 is 10.3 Å². The lowest BCUT2D eigenvalue weighted by Gasteiger charge is -2.20. The molecule has 0 amide bonds. The monoisotopic (exact) mass is 223 g/mol. The fourth-order valence-corrected chi connectivity index (χ4v) is 1.88. The number of nitrogens with zero attached hydrogens (tertiary/aromatic N) is 1. The van der Waals surface area contributed by atoms with E-state index >= 15 is 0 Å². The van der Waals surface area contributed by atoms with Gasteiger partial charge in [-0.25, -0.2) is 4.98 Å². The number of rotatable bonds is 8. The van der Waals surface area contributed by atoms with Crippen molar-refractivity contribution in [1.82, 2.24) is 15.3 Å². The van der Waals surface area contributed by atoms with E-state index in [2.05, 4.69) is 36.1 Å². The second-order valence-corrected chi connectivity index (χ2v) is 4.64. The molecule has 0 saturated heterocycles. The van der Waals surface area contributed by atoms with Crippen LogP contribution in [0.5, 0.6) is 0 Å². The first kappa shape index (κ1) is 13.2. The lowest BCUT2D eigenvalue weighted by Crippen LogP contribution is -2.31. The molecule has 2 unspecified atom stereocenters. The molecule has 0 radical (unpaired) electrons. The third-order valence-electron chi connectivity index (χ3n) is 3.26. The Morgan fingerprint density at radius 3 is 2.75 bits per heavy atom. The molecule has 0 aliphatic rings. The van der Waals surface area contributed by atoms with E-state index in [4.69, 9.17) is 0 Å². The van der Waals surface area contributed by atoms with Crippen molar-refractivity contribution >= 4 is 0 Å². The highest BCUT2D eigenvalue weighted by Crippen LogP contribution is 2.11. The number of aromatic nitrogens is 2. The van der Waals surface area contributed by atoms with E-state index in [1.54, 1.807) is 6.33 Å². The van der Waals surface area contributed by atoms with Crippen LogP contribution in [-0.4, -0.2) is 22.6 Å². The first-order chi connectivity index (χ1) is 7.76. The Morgan fingerprint density at radius 2 is 2.19 bits per heavy atom. The average Bonchev–Trinajstić information content (AvgIpc) is 2.80. The van der Waals surface area contributed by atoms with E-state index in [9.17, 15) is 0 Å². The first-order valence-electron chi connectivity index (χ1n) is 6.46. The summed E-state index contributed by atoms with van der Waals surface area (Å²) in [5, 5.41) is 3.63. The van der Waals surface area contributed by atoms with Crippen LogP contribution in [0.15, 0.2) is 12.5 Å². The van der Waals surface area contributed by atoms with Crippen LogP contribution in [0.4, 0.5) is 0 Å². The average molecular weight is 223 g/mol. The van der Waals surface area contributed by atoms with Gasteiger partial charge in [0.1, 0.15) is 0 Å². The van der Waals surface area contributed by atoms with Gasteiger partial charge in [0.2, 0.25) is 0 Å². The first-order valence-corrected chi connectivity index (χ1v) is 6.46. The van der Waals surface area contributed by atoms with Gasteiger partial charge in [0.15, 0.2) is 0 Å². The van der Waals surface area contributed by atoms with Gasteiger partial charge in [0.05, 0.1) is 6.33 Å². The van der Waals surface area contributed by atoms with E-state index in [0.29, 0.717) is 6.04 Å². The lowest BCUT2D eigenvalue weighted by atomic mass is 9.98. The zero-order valence-electron chi connectivity index (χ0n) is 10.8. The summed E-state index contributed by atoms with van der Waals surface area (Å²) in [7, 11) is 0. The van der Waals surface area contributed by atoms with E-state index in [0.717, 1.165) is 18.9 Å². The maximum absolute atomic E-state index is 4.02. The minimum Gasteiger partial charge on any atom is -0.348 e. The molecule has 3 nitrogen and oxygen atoms in total. The van der Waals surface area contributed by atoms with E-state index in [-0.39, 0.29) is 0 Å². The molecule has 1 aromatic heterocycles. The number of nitrogens with one attached hydrogen (secondary N) is 2. The van der Waals surface area contributed by atoms with Crippen molar-refractivity contribution in [1.29, 1.82) is 0 Å². The Balaban J connectivity index is 2.18. The van der Waals surface area contributed by atoms with Gasteiger partial charge in [-0.15, -0.1) is 0 Å². The Kier molecular flexibility index (Phi) is 6.16. The predicted octanol–water partition coefficient (Wildman–Crippen LogP) is 2.76. The van der Waals surface area contributed by atoms with Crippen molar-refractivity contribution in [2.24, 2.45) is 5.92 Å². The van der Waals surface area contributed by atoms with Gasteiger partial charge >= 0.3 is 0 Å². The summed E-state index contributed by atoms with van der Waals surface area (Å²) in [5.41, 5.74) is 1.21. The van der Waals surface area contributed by atoms with Crippen molar-refractivity contribution in [3.8, 4) is 0 Å². The third kappa shape index (κ3) is 4.79. The molecule has 0 aliphatic heterocycles. The standard InChI is InChI=1S/C13H25N3/c1-4-11(3)8-12(5-2)15-7-6-13-9-14-10-16-13/h9-12,15H,4-8H2,1-3H3,(H,14,16). The topological polar surface area (TPSA) is 40.7 Å². The molecule has 3 heteroatoms. The van der Waals surface area contributed by atoms with Crippen LogP contribution in [-0.2, 0) is 6.42 Å². The van der Waals surface area contributed by atoms with Crippen LogP contribution < -0.4 is 5.32 Å². The minimum atomic E-state index is 0.665. The van der Waals surface area contributed by atoms with Crippen molar-refractivity contribution in [2.75, 3.05) is 6.54 Å². The number of hydrogen-bond acceptors (Lipinski definition) is 2. The summed E-state index contributed by atoms with van der Waals surface area (Å²) in [6.07, 6.45) is 8.46. The van der Waals surface area contributed by atoms with Crippen LogP contribution in [0.25, 0.3) is 0 Å². The number of aromatic amines is 1. The number of imidazole rings is 1. The zero-order valence-corrected chi connectivity index (χ0v) is 10.8. The quantitative estimate of drug-likeness (QED) is 0.711. The van der Waals surface area contributed by atoms with Crippen LogP contribution in [0, 0.1) is 5.92 Å². The minimum absolute atomic E-state index is 0.665. The Hall–Kier alpha value is -0.830. The lowest BCUT2D eigenvalue weighted by molar-refractivity contribution is 0.386. The van der Waals surface area contributed by atoms with Crippen molar-refractivity contribution in [3.63, 3.8) is 0 Å². The third-order valence-corrected chi connectivity index (χ3v) is 3.26. The fraction of sp³-hybridized carbons (Fsp3) is 0.769. The maximum atomic E-state index is 4.02. The smallest absolute Gasteiger partial charge is 0.0921 e. The van der Waals surface area contributed by atoms with Crippen molar-refractivity contribution < 1.29 is 0 Å². The molecule has 16 heavy (non-hydrogen) atoms. The fourth-order valence-electron chi connectivity index (χ4n) is 1.88. The molecule has 0 saturated carbocycles. The summed E-state index contributed by atoms with van der Waals surface area (Å²) >= 11 is 0. The Bertz CT molecular complexity index is 256. The van der Waals surface area contributed by atoms with Gasteiger partial charge in [-0.3, -0.25) is 0 Å². The van der Waals surface area contributed by atoms with Crippen LogP contribution in [0.1, 0.15) is 45.7 Å². The molecule has 0 bridgehead atoms. The molecule has 92 valence electrons. The molecule has 0 aliphatic carbocycles. The SMILES string of the molecule is CCC(C)CC(CC)NCCc1cnc[nH]1. The zero-order chi connectivity index (χ0) is 11.8. The van der Waals surface area contributed by atoms with Gasteiger partial charge in [-0.1, -0.05) is 27.2 Å². The largest absolute Gasteiger partial charge is 0.348 e. The summed E-state index contributed by atoms with van der Waals surface area (Å²) in [6.45, 7) is 7.90. The van der Waals surface area contributed by atoms with E-state index in [1.807, 2.05) is 6.20 Å². The normalized spacial score (nSPS) is 14.9. The summed E-state index contributed by atoms with van der Waals surface area (Å²) in [6, 6.07) is 0.665. The molecule has 0 aromatic carbocycles. The molecule has 1 aromatic rings. The summed E-state index contributed by atoms with van der Waals surface area (Å²) in [4.78, 5) is 7.15. The molecule has 0 fully saturated rings. The molecule has 2 N–H and O–H groups in total. The predicted molar refractivity (Wildman–Crippen MR) is 68.4 cm³/mol. The maximum Gasteiger partial charge on any atom is 0.0921 e. The Labute approximate surface area is 99.1 Å². The highest BCUT2D eigenvalue weighted by Gasteiger charge is 2.09.